The van der Waals surface area contributed by atoms with Crippen LogP contribution in [0.4, 0.5) is 0 Å². The molecule has 1 aliphatic rings. The summed E-state index contributed by atoms with van der Waals surface area (Å²) in [4.78, 5) is 0. The first-order chi connectivity index (χ1) is 8.83. The summed E-state index contributed by atoms with van der Waals surface area (Å²) in [7, 11) is 0. The molecule has 1 nitrogen and oxygen atoms in total. The molecule has 0 bridgehead atoms. The highest BCUT2D eigenvalue weighted by Gasteiger charge is 2.02. The lowest BCUT2D eigenvalue weighted by molar-refractivity contribution is -0.442. The molecule has 18 heavy (non-hydrogen) atoms. The van der Waals surface area contributed by atoms with Gasteiger partial charge in [-0.05, 0) is 25.0 Å². The highest BCUT2D eigenvalue weighted by Crippen LogP contribution is 2.09. The zero-order chi connectivity index (χ0) is 13.1. The summed E-state index contributed by atoms with van der Waals surface area (Å²) in [6.45, 7) is 5.49. The van der Waals surface area contributed by atoms with Gasteiger partial charge in [0.25, 0.3) is 0 Å². The van der Waals surface area contributed by atoms with Crippen LogP contribution >= 0.6 is 0 Å². The van der Waals surface area contributed by atoms with Crippen molar-refractivity contribution in [1.29, 1.82) is 0 Å². The predicted octanol–water partition coefficient (Wildman–Crippen LogP) is 5.07. The predicted molar refractivity (Wildman–Crippen MR) is 81.3 cm³/mol. The van der Waals surface area contributed by atoms with E-state index in [1.165, 1.54) is 63.4 Å². The van der Waals surface area contributed by atoms with Crippen LogP contribution in [0.5, 0.6) is 0 Å². The first-order valence-electron chi connectivity index (χ1n) is 7.77. The maximum atomic E-state index is 2.34. The van der Waals surface area contributed by atoms with Crippen molar-refractivity contribution in [2.45, 2.75) is 71.6 Å². The molecule has 0 N–H and O–H groups in total. The Morgan fingerprint density at radius 3 is 2.33 bits per heavy atom. The Balaban J connectivity index is 1.93. The highest BCUT2D eigenvalue weighted by molar-refractivity contribution is 5.51. The molecule has 0 fully saturated rings. The molecule has 0 aromatic carbocycles. The van der Waals surface area contributed by atoms with Crippen molar-refractivity contribution in [2.24, 2.45) is 0 Å². The van der Waals surface area contributed by atoms with Crippen molar-refractivity contribution in [2.75, 3.05) is 6.54 Å². The Labute approximate surface area is 113 Å². The van der Waals surface area contributed by atoms with E-state index in [2.05, 4.69) is 43.0 Å². The van der Waals surface area contributed by atoms with Crippen LogP contribution in [0.1, 0.15) is 71.6 Å². The van der Waals surface area contributed by atoms with Gasteiger partial charge in [0.2, 0.25) is 0 Å². The van der Waals surface area contributed by atoms with Crippen molar-refractivity contribution in [3.63, 3.8) is 0 Å². The fraction of sp³-hybridized carbons (Fsp3) is 0.706. The van der Waals surface area contributed by atoms with Crippen molar-refractivity contribution in [3.05, 3.63) is 23.9 Å². The van der Waals surface area contributed by atoms with Gasteiger partial charge in [0.15, 0.2) is 12.7 Å². The largest absolute Gasteiger partial charge is 0.205 e. The Kier molecular flexibility index (Phi) is 8.54. The molecular formula is C17H30N+. The van der Waals surface area contributed by atoms with Gasteiger partial charge in [0.05, 0.1) is 0 Å². The molecule has 102 valence electrons. The zero-order valence-electron chi connectivity index (χ0n) is 12.3. The van der Waals surface area contributed by atoms with Gasteiger partial charge in [0.1, 0.15) is 6.21 Å². The standard InChI is InChI=1S/C17H30N/c1-3-4-5-6-7-8-9-10-11-14-18-15-12-17(2)13-16-18/h12-15H,3-11,16H2,1-2H3/q+1. The van der Waals surface area contributed by atoms with E-state index in [0.717, 1.165) is 6.54 Å². The maximum absolute atomic E-state index is 2.34. The fourth-order valence-electron chi connectivity index (χ4n) is 2.26. The number of unbranched alkanes of at least 4 members (excludes halogenated alkanes) is 8. The molecule has 0 saturated heterocycles. The van der Waals surface area contributed by atoms with Gasteiger partial charge >= 0.3 is 0 Å². The lowest BCUT2D eigenvalue weighted by Crippen LogP contribution is -2.09. The third kappa shape index (κ3) is 7.47. The molecule has 0 atom stereocenters. The second-order valence-electron chi connectivity index (χ2n) is 5.41. The van der Waals surface area contributed by atoms with Crippen LogP contribution < -0.4 is 0 Å². The molecular weight excluding hydrogens is 218 g/mol. The molecule has 1 aliphatic heterocycles. The molecule has 0 unspecified atom stereocenters. The Morgan fingerprint density at radius 2 is 1.72 bits per heavy atom. The molecule has 1 heterocycles. The Morgan fingerprint density at radius 1 is 1.06 bits per heavy atom. The lowest BCUT2D eigenvalue weighted by atomic mass is 10.1. The van der Waals surface area contributed by atoms with E-state index in [1.54, 1.807) is 0 Å². The molecule has 0 spiro atoms. The first kappa shape index (κ1) is 15.2. The fourth-order valence-corrected chi connectivity index (χ4v) is 2.26. The van der Waals surface area contributed by atoms with E-state index in [4.69, 9.17) is 0 Å². The van der Waals surface area contributed by atoms with Gasteiger partial charge in [0, 0.05) is 12.5 Å². The van der Waals surface area contributed by atoms with Gasteiger partial charge in [-0.3, -0.25) is 0 Å². The second-order valence-corrected chi connectivity index (χ2v) is 5.41. The third-order valence-corrected chi connectivity index (χ3v) is 3.57. The maximum Gasteiger partial charge on any atom is 0.169 e. The van der Waals surface area contributed by atoms with E-state index in [-0.39, 0.29) is 0 Å². The van der Waals surface area contributed by atoms with Crippen LogP contribution in [-0.4, -0.2) is 17.3 Å². The molecule has 0 saturated carbocycles. The van der Waals surface area contributed by atoms with Gasteiger partial charge in [-0.2, -0.15) is 0 Å². The van der Waals surface area contributed by atoms with E-state index >= 15 is 0 Å². The lowest BCUT2D eigenvalue weighted by Gasteiger charge is -2.01. The topological polar surface area (TPSA) is 3.01 Å². The number of rotatable bonds is 9. The van der Waals surface area contributed by atoms with Gasteiger partial charge in [-0.1, -0.05) is 51.9 Å². The van der Waals surface area contributed by atoms with Crippen LogP contribution in [-0.2, 0) is 0 Å². The molecule has 0 radical (unpaired) electrons. The molecule has 0 aromatic heterocycles. The van der Waals surface area contributed by atoms with Crippen molar-refractivity contribution in [1.82, 2.24) is 0 Å². The number of allylic oxidation sites excluding steroid dienone is 2. The zero-order valence-corrected chi connectivity index (χ0v) is 12.3. The second kappa shape index (κ2) is 10.1. The summed E-state index contributed by atoms with van der Waals surface area (Å²) in [5, 5.41) is 0. The van der Waals surface area contributed by atoms with Crippen molar-refractivity contribution >= 4 is 6.21 Å². The Bertz CT molecular complexity index is 297. The first-order valence-corrected chi connectivity index (χ1v) is 7.77. The quantitative estimate of drug-likeness (QED) is 0.396. The Hall–Kier alpha value is -0.850. The summed E-state index contributed by atoms with van der Waals surface area (Å²) in [5.74, 6) is 0. The van der Waals surface area contributed by atoms with Gasteiger partial charge in [-0.25, -0.2) is 4.58 Å². The van der Waals surface area contributed by atoms with Crippen LogP contribution in [0.3, 0.4) is 0 Å². The number of hydrogen-bond donors (Lipinski definition) is 0. The molecule has 1 rings (SSSR count). The normalized spacial score (nSPS) is 17.2. The minimum absolute atomic E-state index is 1.05. The molecule has 0 aromatic rings. The highest BCUT2D eigenvalue weighted by atomic mass is 15.0. The molecule has 1 heteroatoms. The van der Waals surface area contributed by atoms with E-state index in [9.17, 15) is 0 Å². The van der Waals surface area contributed by atoms with E-state index in [0.29, 0.717) is 0 Å². The van der Waals surface area contributed by atoms with E-state index < -0.39 is 0 Å². The molecule has 0 amide bonds. The smallest absolute Gasteiger partial charge is 0.169 e. The van der Waals surface area contributed by atoms with Crippen molar-refractivity contribution in [3.8, 4) is 0 Å². The summed E-state index contributed by atoms with van der Waals surface area (Å²) in [6, 6.07) is 0. The van der Waals surface area contributed by atoms with Crippen LogP contribution in [0.25, 0.3) is 0 Å². The summed E-state index contributed by atoms with van der Waals surface area (Å²) in [6.07, 6.45) is 21.5. The number of hydrogen-bond acceptors (Lipinski definition) is 0. The minimum atomic E-state index is 1.05. The number of nitrogens with zero attached hydrogens (tertiary/aromatic N) is 1. The average Bonchev–Trinajstić information content (AvgIpc) is 2.39. The van der Waals surface area contributed by atoms with E-state index in [1.807, 2.05) is 0 Å². The van der Waals surface area contributed by atoms with Gasteiger partial charge < -0.3 is 0 Å². The summed E-state index contributed by atoms with van der Waals surface area (Å²) in [5.41, 5.74) is 1.38. The summed E-state index contributed by atoms with van der Waals surface area (Å²) < 4.78 is 2.30. The SMILES string of the molecule is CCCCCCCCCCC=[N+]1C=CC(C)=CC1. The minimum Gasteiger partial charge on any atom is -0.205 e. The average molecular weight is 248 g/mol. The van der Waals surface area contributed by atoms with Crippen LogP contribution in [0, 0.1) is 0 Å². The summed E-state index contributed by atoms with van der Waals surface area (Å²) >= 11 is 0. The monoisotopic (exact) mass is 248 g/mol. The van der Waals surface area contributed by atoms with Crippen LogP contribution in [0.2, 0.25) is 0 Å². The van der Waals surface area contributed by atoms with Crippen molar-refractivity contribution < 1.29 is 4.58 Å². The molecule has 0 aliphatic carbocycles. The van der Waals surface area contributed by atoms with Gasteiger partial charge in [-0.15, -0.1) is 0 Å². The van der Waals surface area contributed by atoms with Crippen LogP contribution in [0.15, 0.2) is 23.9 Å². The third-order valence-electron chi connectivity index (χ3n) is 3.57.